The molecule has 124 valence electrons. The third kappa shape index (κ3) is 3.47. The van der Waals surface area contributed by atoms with Gasteiger partial charge in [0, 0.05) is 12.6 Å². The van der Waals surface area contributed by atoms with Crippen LogP contribution in [0.1, 0.15) is 18.7 Å². The average molecular weight is 326 g/mol. The van der Waals surface area contributed by atoms with E-state index in [-0.39, 0.29) is 23.6 Å². The summed E-state index contributed by atoms with van der Waals surface area (Å²) in [4.78, 5) is 15.6. The Bertz CT molecular complexity index is 721. The van der Waals surface area contributed by atoms with Gasteiger partial charge in [-0.3, -0.25) is 4.79 Å². The van der Waals surface area contributed by atoms with Gasteiger partial charge in [0.05, 0.1) is 11.0 Å². The standard InChI is InChI=1S/C15H17F3N4O/c16-15(17,18)14-21-11-3-1-2-4-12(11)22(14)8-13(23)20-7-10(19)9-5-6-9/h1-4,9-10H,5-8,19H2,(H,20,23). The fourth-order valence-corrected chi connectivity index (χ4v) is 2.57. The van der Waals surface area contributed by atoms with Crippen molar-refractivity contribution in [2.24, 2.45) is 11.7 Å². The lowest BCUT2D eigenvalue weighted by molar-refractivity contribution is -0.147. The highest BCUT2D eigenvalue weighted by Crippen LogP contribution is 2.32. The maximum Gasteiger partial charge on any atom is 0.449 e. The molecular weight excluding hydrogens is 309 g/mol. The Balaban J connectivity index is 1.79. The molecule has 0 bridgehead atoms. The molecule has 5 nitrogen and oxygen atoms in total. The second-order valence-electron chi connectivity index (χ2n) is 5.81. The van der Waals surface area contributed by atoms with Gasteiger partial charge in [-0.05, 0) is 30.9 Å². The van der Waals surface area contributed by atoms with Crippen LogP contribution in [0.4, 0.5) is 13.2 Å². The van der Waals surface area contributed by atoms with Gasteiger partial charge in [0.2, 0.25) is 11.7 Å². The maximum absolute atomic E-state index is 13.1. The monoisotopic (exact) mass is 326 g/mol. The smallest absolute Gasteiger partial charge is 0.353 e. The minimum atomic E-state index is -4.62. The first-order chi connectivity index (χ1) is 10.9. The second kappa shape index (κ2) is 5.84. The molecule has 3 rings (SSSR count). The van der Waals surface area contributed by atoms with Gasteiger partial charge < -0.3 is 15.6 Å². The van der Waals surface area contributed by atoms with E-state index < -0.39 is 24.5 Å². The average Bonchev–Trinajstić information content (AvgIpc) is 3.27. The van der Waals surface area contributed by atoms with E-state index in [0.717, 1.165) is 17.4 Å². The first-order valence-corrected chi connectivity index (χ1v) is 7.41. The zero-order valence-corrected chi connectivity index (χ0v) is 12.3. The molecule has 1 atom stereocenters. The first-order valence-electron chi connectivity index (χ1n) is 7.41. The lowest BCUT2D eigenvalue weighted by Crippen LogP contribution is -2.40. The topological polar surface area (TPSA) is 72.9 Å². The van der Waals surface area contributed by atoms with Gasteiger partial charge in [-0.2, -0.15) is 13.2 Å². The SMILES string of the molecule is NC(CNC(=O)Cn1c(C(F)(F)F)nc2ccccc21)C1CC1. The van der Waals surface area contributed by atoms with Crippen molar-refractivity contribution in [2.75, 3.05) is 6.54 Å². The molecule has 0 radical (unpaired) electrons. The third-order valence-electron chi connectivity index (χ3n) is 3.97. The highest BCUT2D eigenvalue weighted by molar-refractivity contribution is 5.81. The normalized spacial score (nSPS) is 16.5. The predicted octanol–water partition coefficient (Wildman–Crippen LogP) is 1.91. The van der Waals surface area contributed by atoms with Crippen molar-refractivity contribution in [1.29, 1.82) is 0 Å². The van der Waals surface area contributed by atoms with Crippen LogP contribution in [-0.4, -0.2) is 28.0 Å². The fourth-order valence-electron chi connectivity index (χ4n) is 2.57. The Labute approximate surface area is 130 Å². The predicted molar refractivity (Wildman–Crippen MR) is 78.4 cm³/mol. The number of nitrogens with one attached hydrogen (secondary N) is 1. The molecule has 1 heterocycles. The maximum atomic E-state index is 13.1. The fraction of sp³-hybridized carbons (Fsp3) is 0.467. The van der Waals surface area contributed by atoms with E-state index >= 15 is 0 Å². The number of carbonyl (C=O) groups is 1. The summed E-state index contributed by atoms with van der Waals surface area (Å²) in [6.07, 6.45) is -2.54. The number of amides is 1. The number of rotatable bonds is 5. The molecule has 2 aromatic rings. The molecule has 1 saturated carbocycles. The van der Waals surface area contributed by atoms with Gasteiger partial charge in [0.25, 0.3) is 0 Å². The largest absolute Gasteiger partial charge is 0.449 e. The summed E-state index contributed by atoms with van der Waals surface area (Å²) >= 11 is 0. The quantitative estimate of drug-likeness (QED) is 0.881. The number of aromatic nitrogens is 2. The van der Waals surface area contributed by atoms with Gasteiger partial charge >= 0.3 is 6.18 Å². The molecule has 1 aromatic heterocycles. The highest BCUT2D eigenvalue weighted by Gasteiger charge is 2.38. The number of carbonyl (C=O) groups excluding carboxylic acids is 1. The van der Waals surface area contributed by atoms with Crippen LogP contribution < -0.4 is 11.1 Å². The van der Waals surface area contributed by atoms with Gasteiger partial charge in [0.1, 0.15) is 6.54 Å². The Morgan fingerprint density at radius 1 is 1.39 bits per heavy atom. The molecule has 23 heavy (non-hydrogen) atoms. The van der Waals surface area contributed by atoms with E-state index in [0.29, 0.717) is 5.92 Å². The Kier molecular flexibility index (Phi) is 4.01. The van der Waals surface area contributed by atoms with Crippen molar-refractivity contribution in [3.63, 3.8) is 0 Å². The molecular formula is C15H17F3N4O. The molecule has 0 aliphatic heterocycles. The van der Waals surface area contributed by atoms with E-state index in [1.165, 1.54) is 12.1 Å². The van der Waals surface area contributed by atoms with E-state index in [2.05, 4.69) is 10.3 Å². The lowest BCUT2D eigenvalue weighted by Gasteiger charge is -2.14. The number of nitrogens with zero attached hydrogens (tertiary/aromatic N) is 2. The summed E-state index contributed by atoms with van der Waals surface area (Å²) in [5.41, 5.74) is 6.37. The Morgan fingerprint density at radius 2 is 2.09 bits per heavy atom. The van der Waals surface area contributed by atoms with Crippen molar-refractivity contribution >= 4 is 16.9 Å². The summed E-state index contributed by atoms with van der Waals surface area (Å²) in [6.45, 7) is -0.162. The number of benzene rings is 1. The van der Waals surface area contributed by atoms with E-state index in [9.17, 15) is 18.0 Å². The van der Waals surface area contributed by atoms with Gasteiger partial charge in [-0.1, -0.05) is 12.1 Å². The molecule has 0 spiro atoms. The minimum Gasteiger partial charge on any atom is -0.353 e. The van der Waals surface area contributed by atoms with Crippen LogP contribution in [0.3, 0.4) is 0 Å². The molecule has 1 aromatic carbocycles. The summed E-state index contributed by atoms with van der Waals surface area (Å²) in [6, 6.07) is 6.08. The molecule has 1 aliphatic carbocycles. The summed E-state index contributed by atoms with van der Waals surface area (Å²) in [5.74, 6) is -1.16. The highest BCUT2D eigenvalue weighted by atomic mass is 19.4. The molecule has 1 fully saturated rings. The number of para-hydroxylation sites is 2. The summed E-state index contributed by atoms with van der Waals surface area (Å²) < 4.78 is 40.3. The zero-order chi connectivity index (χ0) is 16.6. The molecule has 0 saturated heterocycles. The van der Waals surface area contributed by atoms with Gasteiger partial charge in [-0.25, -0.2) is 4.98 Å². The Hall–Kier alpha value is -2.09. The number of alkyl halides is 3. The second-order valence-corrected chi connectivity index (χ2v) is 5.81. The van der Waals surface area contributed by atoms with Crippen LogP contribution in [-0.2, 0) is 17.5 Å². The third-order valence-corrected chi connectivity index (χ3v) is 3.97. The molecule has 1 unspecified atom stereocenters. The van der Waals surface area contributed by atoms with Crippen molar-refractivity contribution < 1.29 is 18.0 Å². The van der Waals surface area contributed by atoms with Gasteiger partial charge in [0.15, 0.2) is 0 Å². The molecule has 3 N–H and O–H groups in total. The molecule has 8 heteroatoms. The van der Waals surface area contributed by atoms with E-state index in [1.807, 2.05) is 0 Å². The number of nitrogens with two attached hydrogens (primary N) is 1. The van der Waals surface area contributed by atoms with Gasteiger partial charge in [-0.15, -0.1) is 0 Å². The lowest BCUT2D eigenvalue weighted by atomic mass is 10.2. The molecule has 1 amide bonds. The first kappa shape index (κ1) is 15.8. The number of imidazole rings is 1. The number of fused-ring (bicyclic) bond motifs is 1. The molecule has 1 aliphatic rings. The number of halogens is 3. The van der Waals surface area contributed by atoms with Crippen LogP contribution in [0.25, 0.3) is 11.0 Å². The van der Waals surface area contributed by atoms with E-state index in [4.69, 9.17) is 5.73 Å². The number of hydrogen-bond donors (Lipinski definition) is 2. The van der Waals surface area contributed by atoms with Crippen molar-refractivity contribution in [2.45, 2.75) is 31.6 Å². The number of hydrogen-bond acceptors (Lipinski definition) is 3. The van der Waals surface area contributed by atoms with Crippen LogP contribution in [0.15, 0.2) is 24.3 Å². The summed E-state index contributed by atoms with van der Waals surface area (Å²) in [5, 5.41) is 2.61. The van der Waals surface area contributed by atoms with Crippen molar-refractivity contribution in [3.8, 4) is 0 Å². The summed E-state index contributed by atoms with van der Waals surface area (Å²) in [7, 11) is 0. The van der Waals surface area contributed by atoms with Crippen molar-refractivity contribution in [3.05, 3.63) is 30.1 Å². The van der Waals surface area contributed by atoms with Crippen LogP contribution in [0.2, 0.25) is 0 Å². The van der Waals surface area contributed by atoms with Crippen LogP contribution in [0, 0.1) is 5.92 Å². The Morgan fingerprint density at radius 3 is 2.74 bits per heavy atom. The van der Waals surface area contributed by atoms with E-state index in [1.54, 1.807) is 12.1 Å². The van der Waals surface area contributed by atoms with Crippen LogP contribution in [0.5, 0.6) is 0 Å². The zero-order valence-electron chi connectivity index (χ0n) is 12.3. The van der Waals surface area contributed by atoms with Crippen molar-refractivity contribution in [1.82, 2.24) is 14.9 Å². The van der Waals surface area contributed by atoms with Crippen LogP contribution >= 0.6 is 0 Å². The minimum absolute atomic E-state index is 0.138.